The fourth-order valence-electron chi connectivity index (χ4n) is 2.59. The van der Waals surface area contributed by atoms with Crippen molar-refractivity contribution in [3.05, 3.63) is 18.4 Å². The van der Waals surface area contributed by atoms with Crippen LogP contribution >= 0.6 is 11.8 Å². The maximum atomic E-state index is 12.2. The number of carbonyl (C=O) groups is 1. The lowest BCUT2D eigenvalue weighted by atomic mass is 10.4. The monoisotopic (exact) mass is 320 g/mol. The van der Waals surface area contributed by atoms with Crippen LogP contribution in [0.15, 0.2) is 28.0 Å². The van der Waals surface area contributed by atoms with Gasteiger partial charge in [0, 0.05) is 19.6 Å². The topological polar surface area (TPSA) is 64.2 Å². The van der Waals surface area contributed by atoms with Crippen molar-refractivity contribution in [2.75, 3.05) is 18.8 Å². The Morgan fingerprint density at radius 1 is 1.36 bits per heavy atom. The average molecular weight is 320 g/mol. The first-order chi connectivity index (χ1) is 10.8. The molecule has 0 spiro atoms. The minimum atomic E-state index is 0.188. The Morgan fingerprint density at radius 3 is 2.86 bits per heavy atom. The van der Waals surface area contributed by atoms with Crippen LogP contribution in [0.5, 0.6) is 0 Å². The molecule has 1 fully saturated rings. The van der Waals surface area contributed by atoms with Crippen molar-refractivity contribution in [3.8, 4) is 11.6 Å². The molecule has 3 rings (SSSR count). The van der Waals surface area contributed by atoms with E-state index in [0.29, 0.717) is 11.5 Å². The second kappa shape index (κ2) is 7.00. The second-order valence-corrected chi connectivity index (χ2v) is 6.25. The molecule has 2 aromatic rings. The molecule has 1 aliphatic heterocycles. The smallest absolute Gasteiger partial charge is 0.233 e. The van der Waals surface area contributed by atoms with E-state index in [2.05, 4.69) is 17.1 Å². The normalized spacial score (nSPS) is 14.7. The number of nitrogens with zero attached hydrogens (tertiary/aromatic N) is 4. The maximum Gasteiger partial charge on any atom is 0.233 e. The number of hydrogen-bond acceptors (Lipinski definition) is 5. The zero-order valence-corrected chi connectivity index (χ0v) is 13.5. The van der Waals surface area contributed by atoms with Crippen molar-refractivity contribution in [1.29, 1.82) is 0 Å². The van der Waals surface area contributed by atoms with Crippen molar-refractivity contribution in [3.63, 3.8) is 0 Å². The molecule has 0 N–H and O–H groups in total. The molecule has 2 aromatic heterocycles. The molecule has 0 aromatic carbocycles. The van der Waals surface area contributed by atoms with Crippen LogP contribution in [-0.2, 0) is 11.3 Å². The lowest BCUT2D eigenvalue weighted by molar-refractivity contribution is -0.127. The predicted octanol–water partition coefficient (Wildman–Crippen LogP) is 2.66. The van der Waals surface area contributed by atoms with Crippen LogP contribution in [-0.4, -0.2) is 44.4 Å². The first-order valence-electron chi connectivity index (χ1n) is 7.67. The molecule has 0 saturated carbocycles. The van der Waals surface area contributed by atoms with Gasteiger partial charge in [-0.1, -0.05) is 18.7 Å². The zero-order valence-electron chi connectivity index (χ0n) is 12.7. The van der Waals surface area contributed by atoms with Crippen molar-refractivity contribution >= 4 is 17.7 Å². The fourth-order valence-corrected chi connectivity index (χ4v) is 3.46. The fraction of sp³-hybridized carbons (Fsp3) is 0.533. The van der Waals surface area contributed by atoms with E-state index in [4.69, 9.17) is 4.42 Å². The van der Waals surface area contributed by atoms with Gasteiger partial charge in [0.15, 0.2) is 16.7 Å². The summed E-state index contributed by atoms with van der Waals surface area (Å²) in [7, 11) is 0. The average Bonchev–Trinajstić information content (AvgIpc) is 3.26. The number of thioether (sulfide) groups is 1. The van der Waals surface area contributed by atoms with Gasteiger partial charge in [0.25, 0.3) is 0 Å². The van der Waals surface area contributed by atoms with Crippen LogP contribution in [0.1, 0.15) is 26.2 Å². The molecular formula is C15H20N4O2S. The lowest BCUT2D eigenvalue weighted by Gasteiger charge is -2.14. The molecular weight excluding hydrogens is 300 g/mol. The van der Waals surface area contributed by atoms with E-state index >= 15 is 0 Å². The lowest BCUT2D eigenvalue weighted by Crippen LogP contribution is -2.29. The van der Waals surface area contributed by atoms with E-state index in [1.54, 1.807) is 6.26 Å². The molecule has 0 bridgehead atoms. The first kappa shape index (κ1) is 15.1. The van der Waals surface area contributed by atoms with Gasteiger partial charge in [-0.25, -0.2) is 0 Å². The maximum absolute atomic E-state index is 12.2. The summed E-state index contributed by atoms with van der Waals surface area (Å²) in [4.78, 5) is 14.1. The van der Waals surface area contributed by atoms with Gasteiger partial charge >= 0.3 is 0 Å². The Bertz CT molecular complexity index is 618. The van der Waals surface area contributed by atoms with Crippen molar-refractivity contribution in [1.82, 2.24) is 19.7 Å². The summed E-state index contributed by atoms with van der Waals surface area (Å²) in [6, 6.07) is 3.71. The van der Waals surface area contributed by atoms with Crippen LogP contribution in [0.25, 0.3) is 11.6 Å². The largest absolute Gasteiger partial charge is 0.461 e. The highest BCUT2D eigenvalue weighted by molar-refractivity contribution is 7.99. The highest BCUT2D eigenvalue weighted by atomic mass is 32.2. The Morgan fingerprint density at radius 2 is 2.18 bits per heavy atom. The highest BCUT2D eigenvalue weighted by Crippen LogP contribution is 2.25. The number of amides is 1. The number of rotatable bonds is 6. The minimum Gasteiger partial charge on any atom is -0.461 e. The van der Waals surface area contributed by atoms with Crippen LogP contribution < -0.4 is 0 Å². The van der Waals surface area contributed by atoms with Gasteiger partial charge in [0.1, 0.15) is 0 Å². The molecule has 118 valence electrons. The van der Waals surface area contributed by atoms with E-state index in [1.165, 1.54) is 11.8 Å². The van der Waals surface area contributed by atoms with E-state index in [1.807, 2.05) is 21.6 Å². The number of hydrogen-bond donors (Lipinski definition) is 0. The van der Waals surface area contributed by atoms with Gasteiger partial charge in [-0.2, -0.15) is 0 Å². The summed E-state index contributed by atoms with van der Waals surface area (Å²) >= 11 is 1.46. The third-order valence-electron chi connectivity index (χ3n) is 3.69. The molecule has 22 heavy (non-hydrogen) atoms. The van der Waals surface area contributed by atoms with Gasteiger partial charge in [-0.05, 0) is 31.4 Å². The molecule has 6 nitrogen and oxygen atoms in total. The number of aromatic nitrogens is 3. The van der Waals surface area contributed by atoms with E-state index in [9.17, 15) is 4.79 Å². The number of furan rings is 1. The molecule has 1 amide bonds. The third kappa shape index (κ3) is 3.19. The summed E-state index contributed by atoms with van der Waals surface area (Å²) in [5.74, 6) is 2.04. The van der Waals surface area contributed by atoms with Gasteiger partial charge in [-0.3, -0.25) is 9.36 Å². The van der Waals surface area contributed by atoms with Crippen molar-refractivity contribution in [2.24, 2.45) is 0 Å². The van der Waals surface area contributed by atoms with Crippen molar-refractivity contribution in [2.45, 2.75) is 37.9 Å². The summed E-state index contributed by atoms with van der Waals surface area (Å²) in [6.07, 6.45) is 4.83. The Labute approximate surface area is 133 Å². The standard InChI is InChI=1S/C15H20N4O2S/c1-2-7-19-14(12-6-5-10-21-12)16-17-15(19)22-11-13(20)18-8-3-4-9-18/h5-6,10H,2-4,7-9,11H2,1H3. The first-order valence-corrected chi connectivity index (χ1v) is 8.66. The minimum absolute atomic E-state index is 0.188. The number of carbonyl (C=O) groups excluding carboxylic acids is 1. The SMILES string of the molecule is CCCn1c(SCC(=O)N2CCCC2)nnc1-c1ccco1. The van der Waals surface area contributed by atoms with Gasteiger partial charge in [-0.15, -0.1) is 10.2 Å². The van der Waals surface area contributed by atoms with E-state index < -0.39 is 0 Å². The van der Waals surface area contributed by atoms with Crippen LogP contribution in [0, 0.1) is 0 Å². The molecule has 7 heteroatoms. The third-order valence-corrected chi connectivity index (χ3v) is 4.64. The number of likely N-dealkylation sites (tertiary alicyclic amines) is 1. The van der Waals surface area contributed by atoms with Gasteiger partial charge in [0.05, 0.1) is 12.0 Å². The Hall–Kier alpha value is -1.76. The summed E-state index contributed by atoms with van der Waals surface area (Å²) in [6.45, 7) is 4.69. The quantitative estimate of drug-likeness (QED) is 0.766. The Balaban J connectivity index is 1.71. The summed E-state index contributed by atoms with van der Waals surface area (Å²) in [5, 5.41) is 9.24. The molecule has 1 saturated heterocycles. The van der Waals surface area contributed by atoms with Crippen LogP contribution in [0.4, 0.5) is 0 Å². The summed E-state index contributed by atoms with van der Waals surface area (Å²) < 4.78 is 7.45. The van der Waals surface area contributed by atoms with Gasteiger partial charge in [0.2, 0.25) is 5.91 Å². The molecule has 3 heterocycles. The predicted molar refractivity (Wildman–Crippen MR) is 84.6 cm³/mol. The molecule has 0 unspecified atom stereocenters. The van der Waals surface area contributed by atoms with Gasteiger partial charge < -0.3 is 9.32 Å². The zero-order chi connectivity index (χ0) is 15.4. The highest BCUT2D eigenvalue weighted by Gasteiger charge is 2.20. The van der Waals surface area contributed by atoms with Crippen molar-refractivity contribution < 1.29 is 9.21 Å². The van der Waals surface area contributed by atoms with Crippen LogP contribution in [0.2, 0.25) is 0 Å². The molecule has 0 radical (unpaired) electrons. The Kier molecular flexibility index (Phi) is 4.82. The van der Waals surface area contributed by atoms with E-state index in [0.717, 1.165) is 49.9 Å². The molecule has 1 aliphatic rings. The van der Waals surface area contributed by atoms with E-state index in [-0.39, 0.29) is 5.91 Å². The molecule has 0 aliphatic carbocycles. The second-order valence-electron chi connectivity index (χ2n) is 5.31. The van der Waals surface area contributed by atoms with Crippen LogP contribution in [0.3, 0.4) is 0 Å². The summed E-state index contributed by atoms with van der Waals surface area (Å²) in [5.41, 5.74) is 0. The molecule has 0 atom stereocenters.